The molecular weight excluding hydrogens is 272 g/mol. The molecule has 2 aromatic heterocycles. The highest BCUT2D eigenvalue weighted by Crippen LogP contribution is 2.27. The molecule has 2 heterocycles. The summed E-state index contributed by atoms with van der Waals surface area (Å²) in [7, 11) is 1.61. The number of rotatable bonds is 3. The van der Waals surface area contributed by atoms with E-state index in [0.29, 0.717) is 5.82 Å². The monoisotopic (exact) mass is 284 g/mol. The van der Waals surface area contributed by atoms with Gasteiger partial charge in [-0.1, -0.05) is 17.3 Å². The molecule has 0 aliphatic heterocycles. The average molecular weight is 284 g/mol. The van der Waals surface area contributed by atoms with Crippen molar-refractivity contribution < 1.29 is 9.94 Å². The fourth-order valence-corrected chi connectivity index (χ4v) is 2.05. The summed E-state index contributed by atoms with van der Waals surface area (Å²) in [4.78, 5) is 8.29. The Hall–Kier alpha value is -3.16. The van der Waals surface area contributed by atoms with Gasteiger partial charge >= 0.3 is 0 Å². The van der Waals surface area contributed by atoms with E-state index in [2.05, 4.69) is 20.2 Å². The van der Waals surface area contributed by atoms with Gasteiger partial charge in [0.1, 0.15) is 12.1 Å². The fraction of sp³-hybridized carbons (Fsp3) is 0.0769. The molecule has 0 atom stereocenters. The van der Waals surface area contributed by atoms with Gasteiger partial charge in [0, 0.05) is 17.0 Å². The molecule has 8 heteroatoms. The third kappa shape index (κ3) is 2.12. The molecule has 0 saturated carbocycles. The second kappa shape index (κ2) is 5.08. The minimum atomic E-state index is -0.161. The molecule has 3 rings (SSSR count). The molecule has 21 heavy (non-hydrogen) atoms. The first-order chi connectivity index (χ1) is 10.2. The number of methoxy groups -OCH3 is 1. The normalized spacial score (nSPS) is 11.8. The van der Waals surface area contributed by atoms with E-state index in [0.717, 1.165) is 16.5 Å². The van der Waals surface area contributed by atoms with E-state index in [1.165, 1.54) is 11.0 Å². The van der Waals surface area contributed by atoms with Crippen molar-refractivity contribution in [3.8, 4) is 11.6 Å². The van der Waals surface area contributed by atoms with Crippen LogP contribution in [0.4, 0.5) is 0 Å². The Morgan fingerprint density at radius 3 is 2.90 bits per heavy atom. The molecule has 3 aromatic rings. The first kappa shape index (κ1) is 12.9. The zero-order valence-corrected chi connectivity index (χ0v) is 11.1. The minimum absolute atomic E-state index is 0.124. The summed E-state index contributed by atoms with van der Waals surface area (Å²) in [6.07, 6.45) is 3.11. The van der Waals surface area contributed by atoms with Gasteiger partial charge in [-0.25, -0.2) is 14.6 Å². The lowest BCUT2D eigenvalue weighted by Gasteiger charge is -2.08. The van der Waals surface area contributed by atoms with Crippen molar-refractivity contribution in [2.45, 2.75) is 0 Å². The Labute approximate surface area is 119 Å². The number of pyridine rings is 1. The predicted molar refractivity (Wildman–Crippen MR) is 75.7 cm³/mol. The van der Waals surface area contributed by atoms with E-state index in [1.807, 2.05) is 24.3 Å². The number of nitrogens with two attached hydrogens (primary N) is 1. The van der Waals surface area contributed by atoms with Crippen LogP contribution in [-0.4, -0.2) is 37.9 Å². The smallest absolute Gasteiger partial charge is 0.220 e. The van der Waals surface area contributed by atoms with Crippen LogP contribution >= 0.6 is 0 Å². The number of aromatic nitrogens is 4. The summed E-state index contributed by atoms with van der Waals surface area (Å²) < 4.78 is 6.80. The molecule has 106 valence electrons. The van der Waals surface area contributed by atoms with Gasteiger partial charge in [-0.3, -0.25) is 0 Å². The first-order valence-corrected chi connectivity index (χ1v) is 6.06. The van der Waals surface area contributed by atoms with Gasteiger partial charge in [0.05, 0.1) is 7.11 Å². The van der Waals surface area contributed by atoms with E-state index < -0.39 is 0 Å². The van der Waals surface area contributed by atoms with Crippen molar-refractivity contribution in [1.29, 1.82) is 0 Å². The summed E-state index contributed by atoms with van der Waals surface area (Å²) in [5.74, 6) is 1.29. The van der Waals surface area contributed by atoms with Crippen molar-refractivity contribution in [3.05, 3.63) is 42.6 Å². The summed E-state index contributed by atoms with van der Waals surface area (Å²) >= 11 is 0. The van der Waals surface area contributed by atoms with Gasteiger partial charge in [-0.05, 0) is 12.1 Å². The Kier molecular flexibility index (Phi) is 3.11. The minimum Gasteiger partial charge on any atom is -0.496 e. The number of nitrogens with zero attached hydrogens (tertiary/aromatic N) is 5. The van der Waals surface area contributed by atoms with Crippen molar-refractivity contribution in [3.63, 3.8) is 0 Å². The van der Waals surface area contributed by atoms with Crippen LogP contribution in [0.3, 0.4) is 0 Å². The van der Waals surface area contributed by atoms with E-state index in [9.17, 15) is 0 Å². The van der Waals surface area contributed by atoms with E-state index in [-0.39, 0.29) is 11.7 Å². The maximum atomic E-state index is 8.65. The summed E-state index contributed by atoms with van der Waals surface area (Å²) in [5.41, 5.74) is 5.47. The highest BCUT2D eigenvalue weighted by molar-refractivity contribution is 5.94. The zero-order chi connectivity index (χ0) is 14.8. The molecule has 0 saturated heterocycles. The number of oxime groups is 1. The third-order valence-corrected chi connectivity index (χ3v) is 3.01. The standard InChI is InChI=1S/C13H12N6O2/c1-21-10-4-2-3-9-8(10)5-6-15-13(9)19-7-16-12(17-19)11(14)18-20/h2-7,20H,1H3,(H2,14,18). The molecule has 0 spiro atoms. The lowest BCUT2D eigenvalue weighted by molar-refractivity contribution is 0.318. The molecule has 1 aromatic carbocycles. The van der Waals surface area contributed by atoms with Gasteiger partial charge in [-0.2, -0.15) is 0 Å². The van der Waals surface area contributed by atoms with Crippen LogP contribution in [0.15, 0.2) is 41.9 Å². The van der Waals surface area contributed by atoms with Crippen molar-refractivity contribution in [1.82, 2.24) is 19.7 Å². The van der Waals surface area contributed by atoms with E-state index >= 15 is 0 Å². The molecule has 8 nitrogen and oxygen atoms in total. The van der Waals surface area contributed by atoms with E-state index in [4.69, 9.17) is 15.7 Å². The maximum absolute atomic E-state index is 8.65. The van der Waals surface area contributed by atoms with Crippen LogP contribution in [0.25, 0.3) is 16.6 Å². The first-order valence-electron chi connectivity index (χ1n) is 6.06. The molecule has 0 radical (unpaired) electrons. The molecule has 0 aliphatic rings. The molecule has 0 bridgehead atoms. The Morgan fingerprint density at radius 1 is 1.29 bits per heavy atom. The van der Waals surface area contributed by atoms with Gasteiger partial charge in [0.25, 0.3) is 0 Å². The number of hydrogen-bond donors (Lipinski definition) is 2. The Bertz CT molecular complexity index is 826. The van der Waals surface area contributed by atoms with Crippen LogP contribution in [0.2, 0.25) is 0 Å². The highest BCUT2D eigenvalue weighted by atomic mass is 16.5. The average Bonchev–Trinajstić information content (AvgIpc) is 3.02. The maximum Gasteiger partial charge on any atom is 0.220 e. The third-order valence-electron chi connectivity index (χ3n) is 3.01. The fourth-order valence-electron chi connectivity index (χ4n) is 2.05. The molecule has 0 aliphatic carbocycles. The summed E-state index contributed by atoms with van der Waals surface area (Å²) in [5, 5.41) is 17.4. The molecular formula is C13H12N6O2. The van der Waals surface area contributed by atoms with E-state index in [1.54, 1.807) is 13.3 Å². The number of fused-ring (bicyclic) bond motifs is 1. The second-order valence-electron chi connectivity index (χ2n) is 4.19. The second-order valence-corrected chi connectivity index (χ2v) is 4.19. The molecule has 0 unspecified atom stereocenters. The van der Waals surface area contributed by atoms with Gasteiger partial charge in [0.2, 0.25) is 11.7 Å². The largest absolute Gasteiger partial charge is 0.496 e. The molecule has 0 fully saturated rings. The van der Waals surface area contributed by atoms with Crippen LogP contribution in [0, 0.1) is 0 Å². The van der Waals surface area contributed by atoms with Crippen LogP contribution in [-0.2, 0) is 0 Å². The highest BCUT2D eigenvalue weighted by Gasteiger charge is 2.12. The molecule has 0 amide bonds. The summed E-state index contributed by atoms with van der Waals surface area (Å²) in [6.45, 7) is 0. The van der Waals surface area contributed by atoms with Gasteiger partial charge < -0.3 is 15.7 Å². The van der Waals surface area contributed by atoms with Gasteiger partial charge in [0.15, 0.2) is 5.82 Å². The molecule has 3 N–H and O–H groups in total. The SMILES string of the molecule is COc1cccc2c(-n3cnc(/C(N)=N/O)n3)nccc12. The lowest BCUT2D eigenvalue weighted by atomic mass is 10.1. The quantitative estimate of drug-likeness (QED) is 0.320. The van der Waals surface area contributed by atoms with Crippen molar-refractivity contribution >= 4 is 16.6 Å². The number of hydrogen-bond acceptors (Lipinski definition) is 6. The number of amidine groups is 1. The van der Waals surface area contributed by atoms with Crippen molar-refractivity contribution in [2.24, 2.45) is 10.9 Å². The van der Waals surface area contributed by atoms with Crippen LogP contribution in [0.1, 0.15) is 5.82 Å². The Morgan fingerprint density at radius 2 is 2.14 bits per heavy atom. The topological polar surface area (TPSA) is 111 Å². The van der Waals surface area contributed by atoms with Crippen LogP contribution in [0.5, 0.6) is 5.75 Å². The number of benzene rings is 1. The predicted octanol–water partition coefficient (Wildman–Crippen LogP) is 0.919. The summed E-state index contributed by atoms with van der Waals surface area (Å²) in [6, 6.07) is 7.51. The van der Waals surface area contributed by atoms with Crippen molar-refractivity contribution in [2.75, 3.05) is 7.11 Å². The number of ether oxygens (including phenoxy) is 1. The van der Waals surface area contributed by atoms with Gasteiger partial charge in [-0.15, -0.1) is 5.10 Å². The zero-order valence-electron chi connectivity index (χ0n) is 11.1. The Balaban J connectivity index is 2.19. The van der Waals surface area contributed by atoms with Crippen LogP contribution < -0.4 is 10.5 Å². The lowest BCUT2D eigenvalue weighted by Crippen LogP contribution is -2.15.